The molecule has 0 saturated carbocycles. The van der Waals surface area contributed by atoms with Gasteiger partial charge in [-0.15, -0.1) is 24.0 Å². The summed E-state index contributed by atoms with van der Waals surface area (Å²) in [5, 5.41) is 7.83. The summed E-state index contributed by atoms with van der Waals surface area (Å²) in [7, 11) is 3.74. The van der Waals surface area contributed by atoms with Crippen LogP contribution in [0.5, 0.6) is 5.75 Å². The van der Waals surface area contributed by atoms with Gasteiger partial charge in [0.15, 0.2) is 5.96 Å². The molecule has 0 fully saturated rings. The normalized spacial score (nSPS) is 11.0. The van der Waals surface area contributed by atoms with Gasteiger partial charge in [-0.05, 0) is 48.7 Å². The van der Waals surface area contributed by atoms with E-state index in [4.69, 9.17) is 9.73 Å². The molecule has 0 bridgehead atoms. The lowest BCUT2D eigenvalue weighted by molar-refractivity contribution is 0.414. The zero-order valence-corrected chi connectivity index (χ0v) is 20.1. The largest absolute Gasteiger partial charge is 0.497 e. The van der Waals surface area contributed by atoms with E-state index in [-0.39, 0.29) is 24.0 Å². The van der Waals surface area contributed by atoms with Gasteiger partial charge in [0.05, 0.1) is 19.0 Å². The lowest BCUT2D eigenvalue weighted by Gasteiger charge is -2.22. The van der Waals surface area contributed by atoms with Crippen molar-refractivity contribution in [3.05, 3.63) is 78.1 Å². The second kappa shape index (κ2) is 12.2. The summed E-state index contributed by atoms with van der Waals surface area (Å²) in [5.74, 6) is 1.77. The van der Waals surface area contributed by atoms with Crippen LogP contribution in [0, 0.1) is 0 Å². The van der Waals surface area contributed by atoms with Gasteiger partial charge in [-0.25, -0.2) is 4.68 Å². The van der Waals surface area contributed by atoms with Gasteiger partial charge < -0.3 is 15.0 Å². The van der Waals surface area contributed by atoms with E-state index in [0.29, 0.717) is 6.54 Å². The molecule has 0 saturated heterocycles. The van der Waals surface area contributed by atoms with Crippen molar-refractivity contribution in [3.63, 3.8) is 0 Å². The smallest absolute Gasteiger partial charge is 0.193 e. The SMILES string of the molecule is CCNC(=NCCc1cnn(-c2ccccc2)c1)N(C)Cc1ccc(OC)cc1.I. The van der Waals surface area contributed by atoms with Crippen molar-refractivity contribution in [2.45, 2.75) is 19.9 Å². The molecular formula is C23H30IN5O. The number of methoxy groups -OCH3 is 1. The Bertz CT molecular complexity index is 909. The quantitative estimate of drug-likeness (QED) is 0.276. The molecular weight excluding hydrogens is 489 g/mol. The van der Waals surface area contributed by atoms with Crippen LogP contribution in [-0.4, -0.2) is 47.9 Å². The van der Waals surface area contributed by atoms with Crippen molar-refractivity contribution in [3.8, 4) is 11.4 Å². The Morgan fingerprint density at radius 3 is 2.50 bits per heavy atom. The van der Waals surface area contributed by atoms with Crippen molar-refractivity contribution in [2.75, 3.05) is 27.2 Å². The number of nitrogens with zero attached hydrogens (tertiary/aromatic N) is 4. The number of ether oxygens (including phenoxy) is 1. The predicted molar refractivity (Wildman–Crippen MR) is 133 cm³/mol. The van der Waals surface area contributed by atoms with Gasteiger partial charge in [0.25, 0.3) is 0 Å². The molecule has 0 aliphatic heterocycles. The van der Waals surface area contributed by atoms with Crippen molar-refractivity contribution in [1.82, 2.24) is 20.0 Å². The average Bonchev–Trinajstić information content (AvgIpc) is 3.23. The van der Waals surface area contributed by atoms with Crippen LogP contribution in [0.3, 0.4) is 0 Å². The lowest BCUT2D eigenvalue weighted by atomic mass is 10.2. The van der Waals surface area contributed by atoms with E-state index < -0.39 is 0 Å². The first-order valence-electron chi connectivity index (χ1n) is 9.91. The van der Waals surface area contributed by atoms with E-state index in [1.807, 2.05) is 53.3 Å². The molecule has 0 unspecified atom stereocenters. The standard InChI is InChI=1S/C23H29N5O.HI/c1-4-24-23(27(2)17-19-10-12-22(29-3)13-11-19)25-15-14-20-16-26-28(18-20)21-8-6-5-7-9-21;/h5-13,16,18H,4,14-15,17H2,1-3H3,(H,24,25);1H. The Hall–Kier alpha value is -2.55. The van der Waals surface area contributed by atoms with Crippen molar-refractivity contribution in [1.29, 1.82) is 0 Å². The van der Waals surface area contributed by atoms with Gasteiger partial charge in [-0.3, -0.25) is 4.99 Å². The second-order valence-electron chi connectivity index (χ2n) is 6.82. The number of halogens is 1. The molecule has 6 nitrogen and oxygen atoms in total. The fourth-order valence-electron chi connectivity index (χ4n) is 3.05. The maximum Gasteiger partial charge on any atom is 0.193 e. The fraction of sp³-hybridized carbons (Fsp3) is 0.304. The highest BCUT2D eigenvalue weighted by Crippen LogP contribution is 2.13. The molecule has 3 aromatic rings. The highest BCUT2D eigenvalue weighted by Gasteiger charge is 2.07. The van der Waals surface area contributed by atoms with Gasteiger partial charge in [0.2, 0.25) is 0 Å². The molecule has 0 aliphatic carbocycles. The molecule has 160 valence electrons. The maximum atomic E-state index is 5.23. The zero-order valence-electron chi connectivity index (χ0n) is 17.8. The van der Waals surface area contributed by atoms with Crippen LogP contribution in [0.4, 0.5) is 0 Å². The minimum absolute atomic E-state index is 0. The average molecular weight is 519 g/mol. The molecule has 1 N–H and O–H groups in total. The van der Waals surface area contributed by atoms with Crippen molar-refractivity contribution >= 4 is 29.9 Å². The third kappa shape index (κ3) is 6.76. The number of rotatable bonds is 8. The van der Waals surface area contributed by atoms with Crippen LogP contribution in [0.1, 0.15) is 18.1 Å². The molecule has 0 spiro atoms. The lowest BCUT2D eigenvalue weighted by Crippen LogP contribution is -2.38. The minimum Gasteiger partial charge on any atom is -0.497 e. The number of aliphatic imine (C=N–C) groups is 1. The summed E-state index contributed by atoms with van der Waals surface area (Å²) in [6.45, 7) is 4.40. The number of benzene rings is 2. The number of para-hydroxylation sites is 1. The Labute approximate surface area is 196 Å². The topological polar surface area (TPSA) is 54.7 Å². The van der Waals surface area contributed by atoms with Crippen LogP contribution in [0.15, 0.2) is 72.0 Å². The Kier molecular flexibility index (Phi) is 9.66. The number of nitrogens with one attached hydrogen (secondary N) is 1. The van der Waals surface area contributed by atoms with E-state index in [1.54, 1.807) is 7.11 Å². The van der Waals surface area contributed by atoms with E-state index in [2.05, 4.69) is 47.6 Å². The molecule has 1 aromatic heterocycles. The molecule has 0 radical (unpaired) electrons. The van der Waals surface area contributed by atoms with E-state index in [9.17, 15) is 0 Å². The molecule has 0 aliphatic rings. The number of hydrogen-bond acceptors (Lipinski definition) is 3. The van der Waals surface area contributed by atoms with Gasteiger partial charge in [-0.1, -0.05) is 30.3 Å². The summed E-state index contributed by atoms with van der Waals surface area (Å²) < 4.78 is 7.13. The molecule has 1 heterocycles. The predicted octanol–water partition coefficient (Wildman–Crippen LogP) is 4.14. The first kappa shape index (κ1) is 23.7. The highest BCUT2D eigenvalue weighted by atomic mass is 127. The Morgan fingerprint density at radius 1 is 1.10 bits per heavy atom. The maximum absolute atomic E-state index is 5.23. The van der Waals surface area contributed by atoms with Gasteiger partial charge in [0, 0.05) is 32.9 Å². The summed E-state index contributed by atoms with van der Waals surface area (Å²) in [4.78, 5) is 6.93. The highest BCUT2D eigenvalue weighted by molar-refractivity contribution is 14.0. The minimum atomic E-state index is 0. The molecule has 0 amide bonds. The fourth-order valence-corrected chi connectivity index (χ4v) is 3.05. The molecule has 3 rings (SSSR count). The zero-order chi connectivity index (χ0) is 20.5. The van der Waals surface area contributed by atoms with Crippen LogP contribution in [-0.2, 0) is 13.0 Å². The Morgan fingerprint density at radius 2 is 1.83 bits per heavy atom. The summed E-state index contributed by atoms with van der Waals surface area (Å²) >= 11 is 0. The monoisotopic (exact) mass is 519 g/mol. The molecule has 2 aromatic carbocycles. The Balaban J connectivity index is 0.00000320. The summed E-state index contributed by atoms with van der Waals surface area (Å²) in [5.41, 5.74) is 3.45. The number of guanidine groups is 1. The molecule has 7 heteroatoms. The van der Waals surface area contributed by atoms with E-state index in [0.717, 1.165) is 36.9 Å². The van der Waals surface area contributed by atoms with Crippen LogP contribution >= 0.6 is 24.0 Å². The van der Waals surface area contributed by atoms with Gasteiger partial charge >= 0.3 is 0 Å². The summed E-state index contributed by atoms with van der Waals surface area (Å²) in [6, 6.07) is 18.3. The van der Waals surface area contributed by atoms with E-state index in [1.165, 1.54) is 11.1 Å². The number of aromatic nitrogens is 2. The van der Waals surface area contributed by atoms with Crippen molar-refractivity contribution < 1.29 is 4.74 Å². The third-order valence-corrected chi connectivity index (χ3v) is 4.59. The number of hydrogen-bond donors (Lipinski definition) is 1. The van der Waals surface area contributed by atoms with Crippen molar-refractivity contribution in [2.24, 2.45) is 4.99 Å². The van der Waals surface area contributed by atoms with Crippen LogP contribution in [0.2, 0.25) is 0 Å². The van der Waals surface area contributed by atoms with Gasteiger partial charge in [0.1, 0.15) is 5.75 Å². The summed E-state index contributed by atoms with van der Waals surface area (Å²) in [6.07, 6.45) is 4.83. The van der Waals surface area contributed by atoms with E-state index >= 15 is 0 Å². The third-order valence-electron chi connectivity index (χ3n) is 4.59. The van der Waals surface area contributed by atoms with Gasteiger partial charge in [-0.2, -0.15) is 5.10 Å². The second-order valence-corrected chi connectivity index (χ2v) is 6.82. The first-order chi connectivity index (χ1) is 14.2. The first-order valence-corrected chi connectivity index (χ1v) is 9.91. The molecule has 30 heavy (non-hydrogen) atoms. The van der Waals surface area contributed by atoms with Crippen LogP contribution < -0.4 is 10.1 Å². The molecule has 0 atom stereocenters. The van der Waals surface area contributed by atoms with Crippen LogP contribution in [0.25, 0.3) is 5.69 Å².